The van der Waals surface area contributed by atoms with E-state index >= 15 is 0 Å². The maximum Gasteiger partial charge on any atom is 0.360 e. The van der Waals surface area contributed by atoms with Gasteiger partial charge in [-0.2, -0.15) is 0 Å². The van der Waals surface area contributed by atoms with Gasteiger partial charge < -0.3 is 19.0 Å². The third-order valence-corrected chi connectivity index (χ3v) is 7.43. The molecule has 8 heteroatoms. The lowest BCUT2D eigenvalue weighted by atomic mass is 9.83. The number of carbonyl (C=O) groups excluding carboxylic acids is 3. The molecule has 3 aliphatic carbocycles. The van der Waals surface area contributed by atoms with Crippen molar-refractivity contribution >= 4 is 23.6 Å². The van der Waals surface area contributed by atoms with Crippen molar-refractivity contribution in [3.05, 3.63) is 71.8 Å². The summed E-state index contributed by atoms with van der Waals surface area (Å²) in [4.78, 5) is 42.5. The van der Waals surface area contributed by atoms with Crippen LogP contribution in [0.2, 0.25) is 0 Å². The largest absolute Gasteiger partial charge is 0.456 e. The lowest BCUT2D eigenvalue weighted by Gasteiger charge is -2.31. The van der Waals surface area contributed by atoms with Gasteiger partial charge in [-0.25, -0.2) is 14.4 Å². The minimum absolute atomic E-state index is 0.0810. The molecule has 0 N–H and O–H groups in total. The Morgan fingerprint density at radius 1 is 1.09 bits per heavy atom. The maximum atomic E-state index is 12.7. The van der Waals surface area contributed by atoms with Gasteiger partial charge in [-0.3, -0.25) is 0 Å². The van der Waals surface area contributed by atoms with Gasteiger partial charge in [-0.1, -0.05) is 60.3 Å². The SMILES string of the molecule is C=C(C)C(=O)OC1C2CC3C1OC(=O)C3(OCC(=O)ON=C1c3ccccc3-c3ccccc31)C2. The van der Waals surface area contributed by atoms with E-state index in [9.17, 15) is 14.4 Å². The summed E-state index contributed by atoms with van der Waals surface area (Å²) in [7, 11) is 0. The molecule has 0 spiro atoms. The normalized spacial score (nSPS) is 28.8. The molecule has 35 heavy (non-hydrogen) atoms. The molecule has 6 rings (SSSR count). The minimum Gasteiger partial charge on any atom is -0.456 e. The second-order valence-electron chi connectivity index (χ2n) is 9.50. The van der Waals surface area contributed by atoms with E-state index in [1.807, 2.05) is 48.5 Å². The van der Waals surface area contributed by atoms with Crippen LogP contribution in [0.15, 0.2) is 65.8 Å². The molecule has 3 fully saturated rings. The zero-order chi connectivity index (χ0) is 24.3. The summed E-state index contributed by atoms with van der Waals surface area (Å²) in [5, 5.41) is 4.14. The predicted molar refractivity (Wildman–Crippen MR) is 123 cm³/mol. The highest BCUT2D eigenvalue weighted by molar-refractivity contribution is 6.24. The van der Waals surface area contributed by atoms with E-state index in [4.69, 9.17) is 19.0 Å². The van der Waals surface area contributed by atoms with Crippen molar-refractivity contribution in [2.45, 2.75) is 37.6 Å². The van der Waals surface area contributed by atoms with Crippen LogP contribution in [-0.4, -0.2) is 48.0 Å². The molecular weight excluding hydrogens is 450 g/mol. The molecule has 8 nitrogen and oxygen atoms in total. The van der Waals surface area contributed by atoms with E-state index in [2.05, 4.69) is 11.7 Å². The van der Waals surface area contributed by atoms with Gasteiger partial charge in [0.05, 0.1) is 0 Å². The van der Waals surface area contributed by atoms with Crippen LogP contribution in [0.25, 0.3) is 11.1 Å². The van der Waals surface area contributed by atoms with Crippen molar-refractivity contribution in [3.8, 4) is 11.1 Å². The molecule has 2 aromatic rings. The van der Waals surface area contributed by atoms with Crippen LogP contribution in [0.4, 0.5) is 0 Å². The summed E-state index contributed by atoms with van der Waals surface area (Å²) in [6.45, 7) is 4.73. The number of hydrogen-bond donors (Lipinski definition) is 0. The Kier molecular flexibility index (Phi) is 4.89. The Morgan fingerprint density at radius 3 is 2.34 bits per heavy atom. The first-order valence-electron chi connectivity index (χ1n) is 11.6. The smallest absolute Gasteiger partial charge is 0.360 e. The van der Waals surface area contributed by atoms with E-state index in [0.717, 1.165) is 22.3 Å². The van der Waals surface area contributed by atoms with Crippen molar-refractivity contribution in [3.63, 3.8) is 0 Å². The van der Waals surface area contributed by atoms with Crippen LogP contribution in [-0.2, 0) is 33.4 Å². The van der Waals surface area contributed by atoms with E-state index < -0.39 is 42.3 Å². The molecule has 1 aliphatic heterocycles. The molecule has 5 atom stereocenters. The van der Waals surface area contributed by atoms with Gasteiger partial charge >= 0.3 is 17.9 Å². The van der Waals surface area contributed by atoms with Gasteiger partial charge in [0.15, 0.2) is 5.60 Å². The van der Waals surface area contributed by atoms with Gasteiger partial charge in [0, 0.05) is 28.5 Å². The van der Waals surface area contributed by atoms with Crippen LogP contribution in [0.1, 0.15) is 30.9 Å². The van der Waals surface area contributed by atoms with E-state index in [0.29, 0.717) is 18.6 Å². The van der Waals surface area contributed by atoms with Crippen molar-refractivity contribution in [2.24, 2.45) is 17.0 Å². The Balaban J connectivity index is 1.14. The van der Waals surface area contributed by atoms with Gasteiger partial charge in [0.2, 0.25) is 0 Å². The highest BCUT2D eigenvalue weighted by atomic mass is 16.7. The molecule has 0 amide bonds. The van der Waals surface area contributed by atoms with Gasteiger partial charge in [-0.05, 0) is 30.9 Å². The fraction of sp³-hybridized carbons (Fsp3) is 0.333. The number of esters is 2. The first kappa shape index (κ1) is 21.7. The molecule has 1 saturated heterocycles. The number of fused-ring (bicyclic) bond motifs is 4. The molecule has 2 aromatic carbocycles. The Labute approximate surface area is 201 Å². The summed E-state index contributed by atoms with van der Waals surface area (Å²) in [6.07, 6.45) is -0.153. The second-order valence-corrected chi connectivity index (χ2v) is 9.50. The van der Waals surface area contributed by atoms with Crippen LogP contribution < -0.4 is 0 Å². The maximum absolute atomic E-state index is 12.7. The van der Waals surface area contributed by atoms with Crippen molar-refractivity contribution in [1.82, 2.24) is 0 Å². The summed E-state index contributed by atoms with van der Waals surface area (Å²) in [6, 6.07) is 15.6. The third-order valence-electron chi connectivity index (χ3n) is 7.43. The molecule has 178 valence electrons. The molecule has 0 radical (unpaired) electrons. The van der Waals surface area contributed by atoms with Crippen LogP contribution in [0, 0.1) is 11.8 Å². The quantitative estimate of drug-likeness (QED) is 0.235. The number of nitrogens with zero attached hydrogens (tertiary/aromatic N) is 1. The summed E-state index contributed by atoms with van der Waals surface area (Å²) in [5.74, 6) is -2.10. The number of carbonyl (C=O) groups is 3. The van der Waals surface area contributed by atoms with Crippen LogP contribution >= 0.6 is 0 Å². The fourth-order valence-corrected chi connectivity index (χ4v) is 5.91. The molecule has 0 aromatic heterocycles. The molecular formula is C27H23NO7. The van der Waals surface area contributed by atoms with Gasteiger partial charge in [0.1, 0.15) is 24.5 Å². The predicted octanol–water partition coefficient (Wildman–Crippen LogP) is 3.17. The lowest BCUT2D eigenvalue weighted by Crippen LogP contribution is -2.47. The highest BCUT2D eigenvalue weighted by Gasteiger charge is 2.72. The zero-order valence-electron chi connectivity index (χ0n) is 19.1. The standard InChI is InChI=1S/C27H23NO7/c1-14(2)25(30)33-23-15-11-20-24(23)34-26(31)27(20,12-15)32-13-21(29)35-28-22-18-9-5-3-7-16(18)17-8-4-6-10-19(17)22/h3-10,15,20,23-24H,1,11-13H2,2H3. The number of benzene rings is 2. The summed E-state index contributed by atoms with van der Waals surface area (Å²) >= 11 is 0. The van der Waals surface area contributed by atoms with E-state index in [1.165, 1.54) is 0 Å². The Hall–Kier alpha value is -3.78. The highest BCUT2D eigenvalue weighted by Crippen LogP contribution is 2.59. The summed E-state index contributed by atoms with van der Waals surface area (Å²) in [5.41, 5.74) is 3.45. The Bertz CT molecular complexity index is 1270. The topological polar surface area (TPSA) is 100 Å². The van der Waals surface area contributed by atoms with Gasteiger partial charge in [-0.15, -0.1) is 0 Å². The Morgan fingerprint density at radius 2 is 1.71 bits per heavy atom. The van der Waals surface area contributed by atoms with Crippen molar-refractivity contribution in [2.75, 3.05) is 6.61 Å². The summed E-state index contributed by atoms with van der Waals surface area (Å²) < 4.78 is 16.9. The van der Waals surface area contributed by atoms with E-state index in [1.54, 1.807) is 6.92 Å². The number of ether oxygens (including phenoxy) is 3. The molecule has 2 saturated carbocycles. The first-order valence-corrected chi connectivity index (χ1v) is 11.6. The fourth-order valence-electron chi connectivity index (χ4n) is 5.91. The number of rotatable bonds is 6. The first-order chi connectivity index (χ1) is 16.9. The van der Waals surface area contributed by atoms with Crippen LogP contribution in [0.3, 0.4) is 0 Å². The molecule has 4 aliphatic rings. The van der Waals surface area contributed by atoms with Gasteiger partial charge in [0.25, 0.3) is 0 Å². The average molecular weight is 473 g/mol. The molecule has 2 bridgehead atoms. The monoisotopic (exact) mass is 473 g/mol. The minimum atomic E-state index is -1.22. The molecule has 1 heterocycles. The second kappa shape index (κ2) is 7.88. The average Bonchev–Trinajstić information content (AvgIpc) is 3.54. The van der Waals surface area contributed by atoms with Crippen molar-refractivity contribution < 1.29 is 33.4 Å². The third kappa shape index (κ3) is 3.24. The van der Waals surface area contributed by atoms with E-state index in [-0.39, 0.29) is 17.4 Å². The molecule has 5 unspecified atom stereocenters. The zero-order valence-corrected chi connectivity index (χ0v) is 19.1. The lowest BCUT2D eigenvalue weighted by molar-refractivity contribution is -0.168. The number of hydrogen-bond acceptors (Lipinski definition) is 8. The van der Waals surface area contributed by atoms with Crippen LogP contribution in [0.5, 0.6) is 0 Å². The number of oxime groups is 1. The van der Waals surface area contributed by atoms with Crippen molar-refractivity contribution in [1.29, 1.82) is 0 Å².